The largest absolute Gasteiger partial charge is 0.349 e. The van der Waals surface area contributed by atoms with Crippen LogP contribution in [0, 0.1) is 0 Å². The van der Waals surface area contributed by atoms with Gasteiger partial charge in [0, 0.05) is 17.9 Å². The van der Waals surface area contributed by atoms with Gasteiger partial charge in [-0.25, -0.2) is 0 Å². The molecular weight excluding hydrogens is 158 g/mol. The fourth-order valence-corrected chi connectivity index (χ4v) is 1.26. The summed E-state index contributed by atoms with van der Waals surface area (Å²) in [6.07, 6.45) is 4.42. The molecule has 0 radical (unpaired) electrons. The van der Waals surface area contributed by atoms with E-state index in [0.29, 0.717) is 0 Å². The average Bonchev–Trinajstić information content (AvgIpc) is 2.28. The number of nitrogens with zero attached hydrogens (tertiary/aromatic N) is 1. The minimum atomic E-state index is 0.198. The molecule has 0 amide bonds. The van der Waals surface area contributed by atoms with Gasteiger partial charge in [0.2, 0.25) is 0 Å². The van der Waals surface area contributed by atoms with Crippen LogP contribution in [0.5, 0.6) is 0 Å². The maximum Gasteiger partial charge on any atom is 0.0355 e. The van der Waals surface area contributed by atoms with E-state index in [4.69, 9.17) is 0 Å². The maximum absolute atomic E-state index is 2.27. The molecule has 0 aliphatic heterocycles. The van der Waals surface area contributed by atoms with Crippen LogP contribution >= 0.6 is 0 Å². The maximum atomic E-state index is 2.27. The highest BCUT2D eigenvalue weighted by atomic mass is 15.0. The summed E-state index contributed by atoms with van der Waals surface area (Å²) >= 11 is 0. The SMILES string of the molecule is CC(C)(C)c1ccn(C(C)(C)C)c1. The standard InChI is InChI=1S/C12H21N/c1-11(2,3)10-7-8-13(9-10)12(4,5)6/h7-9H,1-6H3. The molecule has 74 valence electrons. The lowest BCUT2D eigenvalue weighted by Crippen LogP contribution is -2.20. The zero-order valence-electron chi connectivity index (χ0n) is 9.68. The van der Waals surface area contributed by atoms with Crippen molar-refractivity contribution in [1.82, 2.24) is 4.57 Å². The molecule has 0 aliphatic rings. The molecule has 1 aromatic rings. The Labute approximate surface area is 81.8 Å². The van der Waals surface area contributed by atoms with Crippen molar-refractivity contribution in [1.29, 1.82) is 0 Å². The fourth-order valence-electron chi connectivity index (χ4n) is 1.26. The number of hydrogen-bond donors (Lipinski definition) is 0. The lowest BCUT2D eigenvalue weighted by Gasteiger charge is -2.22. The minimum absolute atomic E-state index is 0.198. The van der Waals surface area contributed by atoms with Gasteiger partial charge < -0.3 is 4.57 Å². The third kappa shape index (κ3) is 2.36. The number of hydrogen-bond acceptors (Lipinski definition) is 0. The monoisotopic (exact) mass is 179 g/mol. The Morgan fingerprint density at radius 3 is 1.77 bits per heavy atom. The van der Waals surface area contributed by atoms with Crippen LogP contribution in [-0.4, -0.2) is 4.57 Å². The van der Waals surface area contributed by atoms with E-state index >= 15 is 0 Å². The molecule has 0 N–H and O–H groups in total. The van der Waals surface area contributed by atoms with Crippen LogP contribution < -0.4 is 0 Å². The van der Waals surface area contributed by atoms with Gasteiger partial charge in [-0.05, 0) is 37.8 Å². The Balaban J connectivity index is 3.01. The Morgan fingerprint density at radius 1 is 1.00 bits per heavy atom. The molecule has 0 atom stereocenters. The molecule has 0 unspecified atom stereocenters. The predicted octanol–water partition coefficient (Wildman–Crippen LogP) is 3.54. The van der Waals surface area contributed by atoms with Crippen molar-refractivity contribution in [2.45, 2.75) is 52.5 Å². The molecular formula is C12H21N. The minimum Gasteiger partial charge on any atom is -0.349 e. The topological polar surface area (TPSA) is 4.93 Å². The molecule has 0 fully saturated rings. The highest BCUT2D eigenvalue weighted by molar-refractivity contribution is 5.20. The number of rotatable bonds is 0. The summed E-state index contributed by atoms with van der Waals surface area (Å²) in [5.74, 6) is 0. The normalized spacial score (nSPS) is 13.4. The predicted molar refractivity (Wildman–Crippen MR) is 58.1 cm³/mol. The molecule has 0 spiro atoms. The van der Waals surface area contributed by atoms with E-state index < -0.39 is 0 Å². The molecule has 1 heteroatoms. The van der Waals surface area contributed by atoms with Gasteiger partial charge in [0.05, 0.1) is 0 Å². The lowest BCUT2D eigenvalue weighted by atomic mass is 9.89. The second-order valence-corrected chi connectivity index (χ2v) is 5.73. The molecule has 1 aromatic heterocycles. The van der Waals surface area contributed by atoms with Gasteiger partial charge in [-0.1, -0.05) is 20.8 Å². The second kappa shape index (κ2) is 2.90. The Kier molecular flexibility index (Phi) is 2.31. The highest BCUT2D eigenvalue weighted by Gasteiger charge is 2.18. The molecule has 0 aliphatic carbocycles. The molecule has 0 bridgehead atoms. The highest BCUT2D eigenvalue weighted by Crippen LogP contribution is 2.25. The molecule has 13 heavy (non-hydrogen) atoms. The van der Waals surface area contributed by atoms with E-state index in [2.05, 4.69) is 64.6 Å². The zero-order valence-corrected chi connectivity index (χ0v) is 9.68. The zero-order chi connectivity index (χ0) is 10.3. The third-order valence-electron chi connectivity index (χ3n) is 2.33. The summed E-state index contributed by atoms with van der Waals surface area (Å²) in [6, 6.07) is 2.21. The van der Waals surface area contributed by atoms with Crippen LogP contribution in [-0.2, 0) is 11.0 Å². The first-order chi connectivity index (χ1) is 5.71. The van der Waals surface area contributed by atoms with Crippen molar-refractivity contribution in [2.24, 2.45) is 0 Å². The third-order valence-corrected chi connectivity index (χ3v) is 2.33. The van der Waals surface area contributed by atoms with Crippen LogP contribution in [0.2, 0.25) is 0 Å². The van der Waals surface area contributed by atoms with Gasteiger partial charge in [0.15, 0.2) is 0 Å². The van der Waals surface area contributed by atoms with Crippen molar-refractivity contribution in [3.8, 4) is 0 Å². The van der Waals surface area contributed by atoms with Gasteiger partial charge in [0.25, 0.3) is 0 Å². The summed E-state index contributed by atoms with van der Waals surface area (Å²) in [5, 5.41) is 0. The van der Waals surface area contributed by atoms with E-state index in [-0.39, 0.29) is 11.0 Å². The van der Waals surface area contributed by atoms with Crippen LogP contribution in [0.25, 0.3) is 0 Å². The lowest BCUT2D eigenvalue weighted by molar-refractivity contribution is 0.396. The average molecular weight is 179 g/mol. The molecule has 0 aromatic carbocycles. The molecule has 1 rings (SSSR count). The summed E-state index contributed by atoms with van der Waals surface area (Å²) in [5.41, 5.74) is 1.86. The Morgan fingerprint density at radius 2 is 1.54 bits per heavy atom. The van der Waals surface area contributed by atoms with Crippen molar-refractivity contribution < 1.29 is 0 Å². The van der Waals surface area contributed by atoms with Crippen LogP contribution in [0.1, 0.15) is 47.1 Å². The Hall–Kier alpha value is -0.720. The van der Waals surface area contributed by atoms with Gasteiger partial charge in [-0.2, -0.15) is 0 Å². The van der Waals surface area contributed by atoms with Gasteiger partial charge in [-0.3, -0.25) is 0 Å². The van der Waals surface area contributed by atoms with Gasteiger partial charge in [-0.15, -0.1) is 0 Å². The van der Waals surface area contributed by atoms with E-state index in [1.165, 1.54) is 5.56 Å². The van der Waals surface area contributed by atoms with Crippen molar-refractivity contribution in [3.63, 3.8) is 0 Å². The first-order valence-corrected chi connectivity index (χ1v) is 4.90. The summed E-state index contributed by atoms with van der Waals surface area (Å²) in [4.78, 5) is 0. The van der Waals surface area contributed by atoms with E-state index in [0.717, 1.165) is 0 Å². The van der Waals surface area contributed by atoms with Crippen molar-refractivity contribution in [2.75, 3.05) is 0 Å². The van der Waals surface area contributed by atoms with Crippen molar-refractivity contribution >= 4 is 0 Å². The summed E-state index contributed by atoms with van der Waals surface area (Å²) in [6.45, 7) is 13.4. The number of aromatic nitrogens is 1. The van der Waals surface area contributed by atoms with Crippen molar-refractivity contribution in [3.05, 3.63) is 24.0 Å². The Bertz CT molecular complexity index is 252. The molecule has 1 nitrogen and oxygen atoms in total. The van der Waals surface area contributed by atoms with E-state index in [1.807, 2.05) is 0 Å². The fraction of sp³-hybridized carbons (Fsp3) is 0.667. The van der Waals surface area contributed by atoms with Gasteiger partial charge in [0.1, 0.15) is 0 Å². The van der Waals surface area contributed by atoms with Crippen LogP contribution in [0.15, 0.2) is 18.5 Å². The second-order valence-electron chi connectivity index (χ2n) is 5.73. The van der Waals surface area contributed by atoms with Crippen LogP contribution in [0.3, 0.4) is 0 Å². The van der Waals surface area contributed by atoms with E-state index in [9.17, 15) is 0 Å². The van der Waals surface area contributed by atoms with Gasteiger partial charge >= 0.3 is 0 Å². The van der Waals surface area contributed by atoms with E-state index in [1.54, 1.807) is 0 Å². The molecule has 0 saturated carbocycles. The first kappa shape index (κ1) is 10.4. The molecule has 1 heterocycles. The molecule has 0 saturated heterocycles. The summed E-state index contributed by atoms with van der Waals surface area (Å²) in [7, 11) is 0. The van der Waals surface area contributed by atoms with Crippen LogP contribution in [0.4, 0.5) is 0 Å². The summed E-state index contributed by atoms with van der Waals surface area (Å²) < 4.78 is 2.27. The first-order valence-electron chi connectivity index (χ1n) is 4.90. The quantitative estimate of drug-likeness (QED) is 0.574. The smallest absolute Gasteiger partial charge is 0.0355 e.